The summed E-state index contributed by atoms with van der Waals surface area (Å²) in [4.78, 5) is 31.1. The van der Waals surface area contributed by atoms with Gasteiger partial charge in [0.15, 0.2) is 0 Å². The van der Waals surface area contributed by atoms with E-state index in [2.05, 4.69) is 18.8 Å². The third-order valence-electron chi connectivity index (χ3n) is 5.16. The SMILES string of the molecule is COCCCN1C(=O)C(=O)/C(=C(\O)c2ccncc2)C1c1ccc(C(C)C)cc1. The second-order valence-electron chi connectivity index (χ2n) is 7.40. The van der Waals surface area contributed by atoms with E-state index in [4.69, 9.17) is 4.74 Å². The van der Waals surface area contributed by atoms with Crippen LogP contribution in [0.4, 0.5) is 0 Å². The number of hydrogen-bond donors (Lipinski definition) is 1. The van der Waals surface area contributed by atoms with E-state index in [0.29, 0.717) is 31.1 Å². The minimum Gasteiger partial charge on any atom is -0.507 e. The van der Waals surface area contributed by atoms with Gasteiger partial charge in [0.05, 0.1) is 11.6 Å². The van der Waals surface area contributed by atoms with Gasteiger partial charge in [0.2, 0.25) is 0 Å². The van der Waals surface area contributed by atoms with Crippen LogP contribution >= 0.6 is 0 Å². The molecule has 29 heavy (non-hydrogen) atoms. The summed E-state index contributed by atoms with van der Waals surface area (Å²) < 4.78 is 5.10. The van der Waals surface area contributed by atoms with E-state index in [1.165, 1.54) is 22.9 Å². The molecule has 1 unspecified atom stereocenters. The highest BCUT2D eigenvalue weighted by atomic mass is 16.5. The first-order chi connectivity index (χ1) is 14.0. The van der Waals surface area contributed by atoms with E-state index in [1.54, 1.807) is 19.2 Å². The molecular formula is C23H26N2O4. The smallest absolute Gasteiger partial charge is 0.295 e. The van der Waals surface area contributed by atoms with Crippen molar-refractivity contribution in [3.63, 3.8) is 0 Å². The monoisotopic (exact) mass is 394 g/mol. The molecule has 3 rings (SSSR count). The number of ether oxygens (including phenoxy) is 1. The van der Waals surface area contributed by atoms with Crippen LogP contribution in [0.1, 0.15) is 48.9 Å². The lowest BCUT2D eigenvalue weighted by molar-refractivity contribution is -0.140. The third kappa shape index (κ3) is 4.22. The van der Waals surface area contributed by atoms with Crippen LogP contribution < -0.4 is 0 Å². The zero-order valence-electron chi connectivity index (χ0n) is 17.0. The summed E-state index contributed by atoms with van der Waals surface area (Å²) in [7, 11) is 1.60. The van der Waals surface area contributed by atoms with E-state index in [-0.39, 0.29) is 11.3 Å². The molecule has 1 fully saturated rings. The van der Waals surface area contributed by atoms with Crippen molar-refractivity contribution in [2.24, 2.45) is 0 Å². The number of Topliss-reactive ketones (excluding diaryl/α,β-unsaturated/α-hetero) is 1. The van der Waals surface area contributed by atoms with Crippen LogP contribution in [-0.4, -0.2) is 46.9 Å². The molecule has 1 atom stereocenters. The first-order valence-electron chi connectivity index (χ1n) is 9.73. The Morgan fingerprint density at radius 2 is 1.79 bits per heavy atom. The van der Waals surface area contributed by atoms with E-state index in [0.717, 1.165) is 5.56 Å². The molecule has 1 amide bonds. The maximum absolute atomic E-state index is 12.9. The average molecular weight is 394 g/mol. The van der Waals surface area contributed by atoms with Crippen molar-refractivity contribution >= 4 is 17.4 Å². The number of aliphatic hydroxyl groups excluding tert-OH is 1. The summed E-state index contributed by atoms with van der Waals surface area (Å²) in [6.45, 7) is 5.05. The third-order valence-corrected chi connectivity index (χ3v) is 5.16. The standard InChI is InChI=1S/C23H26N2O4/c1-15(2)16-5-7-17(8-6-16)20-19(21(26)18-9-11-24-12-10-18)22(27)23(28)25(20)13-4-14-29-3/h5-12,15,20,26H,4,13-14H2,1-3H3/b21-19-. The highest BCUT2D eigenvalue weighted by Gasteiger charge is 2.45. The van der Waals surface area contributed by atoms with Crippen LogP contribution in [0.15, 0.2) is 54.4 Å². The van der Waals surface area contributed by atoms with Gasteiger partial charge in [-0.3, -0.25) is 14.6 Å². The number of aromatic nitrogens is 1. The van der Waals surface area contributed by atoms with Gasteiger partial charge in [0, 0.05) is 38.2 Å². The molecule has 1 aromatic carbocycles. The molecule has 0 spiro atoms. The van der Waals surface area contributed by atoms with Crippen molar-refractivity contribution in [3.8, 4) is 0 Å². The fourth-order valence-electron chi connectivity index (χ4n) is 3.56. The van der Waals surface area contributed by atoms with Crippen molar-refractivity contribution in [1.29, 1.82) is 0 Å². The van der Waals surface area contributed by atoms with Crippen LogP contribution in [0.5, 0.6) is 0 Å². The van der Waals surface area contributed by atoms with Gasteiger partial charge >= 0.3 is 0 Å². The molecule has 1 saturated heterocycles. The lowest BCUT2D eigenvalue weighted by Gasteiger charge is -2.25. The molecule has 2 aromatic rings. The number of carbonyl (C=O) groups is 2. The summed E-state index contributed by atoms with van der Waals surface area (Å²) in [5.41, 5.74) is 2.52. The molecule has 0 bridgehead atoms. The molecule has 1 aromatic heterocycles. The van der Waals surface area contributed by atoms with Crippen LogP contribution in [-0.2, 0) is 14.3 Å². The molecule has 1 aliphatic heterocycles. The van der Waals surface area contributed by atoms with Gasteiger partial charge in [0.1, 0.15) is 5.76 Å². The number of ketones is 1. The minimum atomic E-state index is -0.672. The number of likely N-dealkylation sites (tertiary alicyclic amines) is 1. The van der Waals surface area contributed by atoms with Gasteiger partial charge in [-0.1, -0.05) is 38.1 Å². The number of amides is 1. The Kier molecular flexibility index (Phi) is 6.44. The van der Waals surface area contributed by atoms with Crippen LogP contribution in [0.25, 0.3) is 5.76 Å². The summed E-state index contributed by atoms with van der Waals surface area (Å²) in [5.74, 6) is -1.09. The molecule has 152 valence electrons. The summed E-state index contributed by atoms with van der Waals surface area (Å²) >= 11 is 0. The van der Waals surface area contributed by atoms with Gasteiger partial charge in [-0.15, -0.1) is 0 Å². The highest BCUT2D eigenvalue weighted by molar-refractivity contribution is 6.46. The number of nitrogens with zero attached hydrogens (tertiary/aromatic N) is 2. The largest absolute Gasteiger partial charge is 0.507 e. The zero-order valence-corrected chi connectivity index (χ0v) is 17.0. The molecule has 6 nitrogen and oxygen atoms in total. The predicted molar refractivity (Wildman–Crippen MR) is 110 cm³/mol. The van der Waals surface area contributed by atoms with E-state index >= 15 is 0 Å². The first-order valence-corrected chi connectivity index (χ1v) is 9.73. The lowest BCUT2D eigenvalue weighted by Crippen LogP contribution is -2.31. The number of hydrogen-bond acceptors (Lipinski definition) is 5. The van der Waals surface area contributed by atoms with Crippen molar-refractivity contribution in [2.45, 2.75) is 32.2 Å². The Hall–Kier alpha value is -2.99. The number of pyridine rings is 1. The van der Waals surface area contributed by atoms with Crippen molar-refractivity contribution < 1.29 is 19.4 Å². The summed E-state index contributed by atoms with van der Waals surface area (Å²) in [5, 5.41) is 10.9. The maximum atomic E-state index is 12.9. The van der Waals surface area contributed by atoms with Gasteiger partial charge in [0.25, 0.3) is 11.7 Å². The van der Waals surface area contributed by atoms with Crippen molar-refractivity contribution in [2.75, 3.05) is 20.3 Å². The first kappa shape index (κ1) is 20.7. The number of aliphatic hydroxyl groups is 1. The number of rotatable bonds is 7. The second-order valence-corrected chi connectivity index (χ2v) is 7.40. The van der Waals surface area contributed by atoms with E-state index < -0.39 is 17.7 Å². The fourth-order valence-corrected chi connectivity index (χ4v) is 3.56. The Labute approximate surface area is 170 Å². The van der Waals surface area contributed by atoms with Gasteiger partial charge < -0.3 is 14.7 Å². The van der Waals surface area contributed by atoms with Crippen LogP contribution in [0.2, 0.25) is 0 Å². The Balaban J connectivity index is 2.09. The molecule has 1 N–H and O–H groups in total. The van der Waals surface area contributed by atoms with Gasteiger partial charge in [-0.2, -0.15) is 0 Å². The van der Waals surface area contributed by atoms with E-state index in [9.17, 15) is 14.7 Å². The summed E-state index contributed by atoms with van der Waals surface area (Å²) in [6, 6.07) is 10.5. The molecule has 1 aliphatic rings. The lowest BCUT2D eigenvalue weighted by atomic mass is 9.93. The molecule has 0 saturated carbocycles. The quantitative estimate of drug-likeness (QED) is 0.335. The molecule has 0 aliphatic carbocycles. The Bertz CT molecular complexity index is 904. The molecule has 6 heteroatoms. The van der Waals surface area contributed by atoms with Crippen LogP contribution in [0.3, 0.4) is 0 Å². The number of carbonyl (C=O) groups excluding carboxylic acids is 2. The number of benzene rings is 1. The molecular weight excluding hydrogens is 368 g/mol. The average Bonchev–Trinajstić information content (AvgIpc) is 2.99. The Morgan fingerprint density at radius 3 is 2.38 bits per heavy atom. The highest BCUT2D eigenvalue weighted by Crippen LogP contribution is 2.39. The van der Waals surface area contributed by atoms with Gasteiger partial charge in [-0.05, 0) is 35.6 Å². The molecule has 0 radical (unpaired) electrons. The zero-order chi connectivity index (χ0) is 21.0. The van der Waals surface area contributed by atoms with Crippen LogP contribution in [0, 0.1) is 0 Å². The normalized spacial score (nSPS) is 18.6. The topological polar surface area (TPSA) is 79.7 Å². The Morgan fingerprint density at radius 1 is 1.14 bits per heavy atom. The second kappa shape index (κ2) is 9.01. The predicted octanol–water partition coefficient (Wildman–Crippen LogP) is 3.66. The maximum Gasteiger partial charge on any atom is 0.295 e. The van der Waals surface area contributed by atoms with Crippen molar-refractivity contribution in [3.05, 3.63) is 71.1 Å². The van der Waals surface area contributed by atoms with Crippen molar-refractivity contribution in [1.82, 2.24) is 9.88 Å². The summed E-state index contributed by atoms with van der Waals surface area (Å²) in [6.07, 6.45) is 3.67. The van der Waals surface area contributed by atoms with Gasteiger partial charge in [-0.25, -0.2) is 0 Å². The molecule has 2 heterocycles. The fraction of sp³-hybridized carbons (Fsp3) is 0.348. The number of methoxy groups -OCH3 is 1. The van der Waals surface area contributed by atoms with E-state index in [1.807, 2.05) is 24.3 Å². The minimum absolute atomic E-state index is 0.107.